The molecule has 1 aliphatic carbocycles. The summed E-state index contributed by atoms with van der Waals surface area (Å²) in [5.74, 6) is -0.948. The van der Waals surface area contributed by atoms with Gasteiger partial charge in [-0.1, -0.05) is 11.6 Å². The molecule has 3 N–H and O–H groups in total. The Morgan fingerprint density at radius 2 is 2.00 bits per heavy atom. The number of carboxylic acid groups (broad SMARTS) is 1. The van der Waals surface area contributed by atoms with Gasteiger partial charge in [0.05, 0.1) is 0 Å². The summed E-state index contributed by atoms with van der Waals surface area (Å²) in [5, 5.41) is 14.1. The maximum Gasteiger partial charge on any atom is 0.329 e. The van der Waals surface area contributed by atoms with Gasteiger partial charge in [-0.3, -0.25) is 0 Å². The van der Waals surface area contributed by atoms with E-state index < -0.39 is 17.5 Å². The average molecular weight is 226 g/mol. The van der Waals surface area contributed by atoms with E-state index in [1.54, 1.807) is 0 Å². The number of hydrogen-bond donors (Lipinski definition) is 3. The molecular weight excluding hydrogens is 208 g/mol. The van der Waals surface area contributed by atoms with E-state index in [0.29, 0.717) is 19.4 Å². The van der Waals surface area contributed by atoms with Crippen molar-refractivity contribution in [2.45, 2.75) is 38.6 Å². The lowest BCUT2D eigenvalue weighted by Crippen LogP contribution is -2.61. The van der Waals surface area contributed by atoms with Crippen molar-refractivity contribution in [1.82, 2.24) is 10.6 Å². The number of hydrogen-bond acceptors (Lipinski definition) is 2. The van der Waals surface area contributed by atoms with E-state index in [0.717, 1.165) is 12.0 Å². The lowest BCUT2D eigenvalue weighted by molar-refractivity contribution is -0.148. The molecule has 0 aromatic rings. The van der Waals surface area contributed by atoms with Crippen molar-refractivity contribution < 1.29 is 14.7 Å². The third kappa shape index (κ3) is 2.98. The standard InChI is InChI=1S/C11H18N2O3/c1-8(2)4-7-12-10(16)13-11(9(14)15)5-3-6-11/h4H,3,5-7H2,1-2H3,(H,14,15)(H2,12,13,16). The SMILES string of the molecule is CC(C)=CCNC(=O)NC1(C(=O)O)CCC1. The highest BCUT2D eigenvalue weighted by Crippen LogP contribution is 2.31. The average Bonchev–Trinajstić information content (AvgIpc) is 2.10. The molecule has 0 unspecified atom stereocenters. The number of rotatable bonds is 4. The van der Waals surface area contributed by atoms with Gasteiger partial charge < -0.3 is 15.7 Å². The van der Waals surface area contributed by atoms with Gasteiger partial charge in [0.2, 0.25) is 0 Å². The predicted molar refractivity (Wildman–Crippen MR) is 60.2 cm³/mol. The van der Waals surface area contributed by atoms with Crippen LogP contribution >= 0.6 is 0 Å². The van der Waals surface area contributed by atoms with Gasteiger partial charge >= 0.3 is 12.0 Å². The van der Waals surface area contributed by atoms with Crippen molar-refractivity contribution >= 4 is 12.0 Å². The first kappa shape index (κ1) is 12.5. The molecule has 0 aliphatic heterocycles. The number of amides is 2. The van der Waals surface area contributed by atoms with Crippen LogP contribution in [0.15, 0.2) is 11.6 Å². The molecule has 0 aromatic carbocycles. The number of carbonyl (C=O) groups excluding carboxylic acids is 1. The molecule has 16 heavy (non-hydrogen) atoms. The molecule has 0 atom stereocenters. The van der Waals surface area contributed by atoms with Crippen molar-refractivity contribution in [2.75, 3.05) is 6.54 Å². The van der Waals surface area contributed by atoms with Crippen LogP contribution in [0.25, 0.3) is 0 Å². The van der Waals surface area contributed by atoms with Crippen LogP contribution < -0.4 is 10.6 Å². The third-order valence-corrected chi connectivity index (χ3v) is 2.74. The van der Waals surface area contributed by atoms with Crippen molar-refractivity contribution in [2.24, 2.45) is 0 Å². The van der Waals surface area contributed by atoms with E-state index in [-0.39, 0.29) is 0 Å². The zero-order chi connectivity index (χ0) is 12.2. The van der Waals surface area contributed by atoms with Crippen LogP contribution in [0, 0.1) is 0 Å². The second-order valence-electron chi connectivity index (χ2n) is 4.36. The van der Waals surface area contributed by atoms with Crippen molar-refractivity contribution in [3.8, 4) is 0 Å². The maximum atomic E-state index is 11.4. The predicted octanol–water partition coefficient (Wildman–Crippen LogP) is 1.26. The Bertz CT molecular complexity index is 315. The zero-order valence-corrected chi connectivity index (χ0v) is 9.67. The number of nitrogens with one attached hydrogen (secondary N) is 2. The first-order valence-electron chi connectivity index (χ1n) is 5.39. The van der Waals surface area contributed by atoms with E-state index in [9.17, 15) is 9.59 Å². The Hall–Kier alpha value is -1.52. The van der Waals surface area contributed by atoms with Crippen LogP contribution in [0.5, 0.6) is 0 Å². The molecule has 90 valence electrons. The summed E-state index contributed by atoms with van der Waals surface area (Å²) in [6.07, 6.45) is 3.74. The second-order valence-corrected chi connectivity index (χ2v) is 4.36. The van der Waals surface area contributed by atoms with Crippen LogP contribution in [0.1, 0.15) is 33.1 Å². The minimum Gasteiger partial charge on any atom is -0.480 e. The van der Waals surface area contributed by atoms with Gasteiger partial charge in [-0.25, -0.2) is 9.59 Å². The molecule has 2 amide bonds. The van der Waals surface area contributed by atoms with Crippen LogP contribution in [0.4, 0.5) is 4.79 Å². The Kier molecular flexibility index (Phi) is 3.93. The van der Waals surface area contributed by atoms with Gasteiger partial charge in [-0.05, 0) is 33.1 Å². The Morgan fingerprint density at radius 1 is 1.38 bits per heavy atom. The van der Waals surface area contributed by atoms with E-state index >= 15 is 0 Å². The molecule has 1 fully saturated rings. The lowest BCUT2D eigenvalue weighted by Gasteiger charge is -2.38. The fourth-order valence-corrected chi connectivity index (χ4v) is 1.53. The monoisotopic (exact) mass is 226 g/mol. The molecule has 5 nitrogen and oxygen atoms in total. The summed E-state index contributed by atoms with van der Waals surface area (Å²) < 4.78 is 0. The third-order valence-electron chi connectivity index (χ3n) is 2.74. The minimum atomic E-state index is -1.03. The Labute approximate surface area is 94.9 Å². The molecule has 1 saturated carbocycles. The van der Waals surface area contributed by atoms with Crippen LogP contribution in [0.3, 0.4) is 0 Å². The highest BCUT2D eigenvalue weighted by molar-refractivity contribution is 5.87. The Morgan fingerprint density at radius 3 is 2.38 bits per heavy atom. The number of urea groups is 1. The topological polar surface area (TPSA) is 78.4 Å². The fourth-order valence-electron chi connectivity index (χ4n) is 1.53. The molecule has 0 spiro atoms. The highest BCUT2D eigenvalue weighted by atomic mass is 16.4. The Balaban J connectivity index is 2.39. The van der Waals surface area contributed by atoms with Gasteiger partial charge in [0.15, 0.2) is 0 Å². The molecule has 0 bridgehead atoms. The molecule has 5 heteroatoms. The molecular formula is C11H18N2O3. The van der Waals surface area contributed by atoms with Gasteiger partial charge in [-0.15, -0.1) is 0 Å². The fraction of sp³-hybridized carbons (Fsp3) is 0.636. The first-order valence-corrected chi connectivity index (χ1v) is 5.39. The van der Waals surface area contributed by atoms with Gasteiger partial charge in [0, 0.05) is 6.54 Å². The van der Waals surface area contributed by atoms with E-state index in [1.165, 1.54) is 0 Å². The molecule has 0 aromatic heterocycles. The minimum absolute atomic E-state index is 0.417. The van der Waals surface area contributed by atoms with E-state index in [1.807, 2.05) is 19.9 Å². The van der Waals surface area contributed by atoms with Crippen molar-refractivity contribution in [3.63, 3.8) is 0 Å². The zero-order valence-electron chi connectivity index (χ0n) is 9.67. The molecule has 1 rings (SSSR count). The van der Waals surface area contributed by atoms with E-state index in [4.69, 9.17) is 5.11 Å². The van der Waals surface area contributed by atoms with E-state index in [2.05, 4.69) is 10.6 Å². The van der Waals surface area contributed by atoms with Gasteiger partial charge in [-0.2, -0.15) is 0 Å². The largest absolute Gasteiger partial charge is 0.480 e. The summed E-state index contributed by atoms with van der Waals surface area (Å²) in [6, 6.07) is -0.417. The number of carbonyl (C=O) groups is 2. The number of aliphatic carboxylic acids is 1. The van der Waals surface area contributed by atoms with Crippen molar-refractivity contribution in [3.05, 3.63) is 11.6 Å². The summed E-state index contributed by atoms with van der Waals surface area (Å²) in [4.78, 5) is 22.4. The smallest absolute Gasteiger partial charge is 0.329 e. The summed E-state index contributed by atoms with van der Waals surface area (Å²) >= 11 is 0. The molecule has 0 saturated heterocycles. The highest BCUT2D eigenvalue weighted by Gasteiger charge is 2.45. The lowest BCUT2D eigenvalue weighted by atomic mass is 9.77. The molecule has 0 heterocycles. The molecule has 1 aliphatic rings. The van der Waals surface area contributed by atoms with Crippen LogP contribution in [-0.2, 0) is 4.79 Å². The van der Waals surface area contributed by atoms with Gasteiger partial charge in [0.25, 0.3) is 0 Å². The van der Waals surface area contributed by atoms with Crippen LogP contribution in [-0.4, -0.2) is 29.2 Å². The molecule has 0 radical (unpaired) electrons. The van der Waals surface area contributed by atoms with Gasteiger partial charge in [0.1, 0.15) is 5.54 Å². The number of allylic oxidation sites excluding steroid dienone is 1. The normalized spacial score (nSPS) is 16.9. The summed E-state index contributed by atoms with van der Waals surface area (Å²) in [6.45, 7) is 4.29. The first-order chi connectivity index (χ1) is 7.46. The second kappa shape index (κ2) is 5.01. The van der Waals surface area contributed by atoms with Crippen LogP contribution in [0.2, 0.25) is 0 Å². The summed E-state index contributed by atoms with van der Waals surface area (Å²) in [5.41, 5.74) is 0.0756. The summed E-state index contributed by atoms with van der Waals surface area (Å²) in [7, 11) is 0. The quantitative estimate of drug-likeness (QED) is 0.631. The number of carboxylic acids is 1. The maximum absolute atomic E-state index is 11.4. The van der Waals surface area contributed by atoms with Crippen molar-refractivity contribution in [1.29, 1.82) is 0 Å².